The number of rotatable bonds is 6. The Kier molecular flexibility index (Phi) is 6.37. The molecule has 0 spiro atoms. The predicted octanol–water partition coefficient (Wildman–Crippen LogP) is 1.18. The van der Waals surface area contributed by atoms with E-state index < -0.39 is 0 Å². The highest BCUT2D eigenvalue weighted by atomic mass is 32.1. The largest absolute Gasteiger partial charge is 0.383 e. The molecule has 2 aromatic rings. The third-order valence-electron chi connectivity index (χ3n) is 4.38. The van der Waals surface area contributed by atoms with Crippen LogP contribution in [0.3, 0.4) is 0 Å². The van der Waals surface area contributed by atoms with Crippen LogP contribution >= 0.6 is 11.3 Å². The third kappa shape index (κ3) is 4.69. The molecule has 1 saturated heterocycles. The van der Waals surface area contributed by atoms with Crippen molar-refractivity contribution in [2.45, 2.75) is 6.04 Å². The molecule has 2 heterocycles. The summed E-state index contributed by atoms with van der Waals surface area (Å²) in [7, 11) is 1.70. The van der Waals surface area contributed by atoms with Crippen molar-refractivity contribution in [2.75, 3.05) is 52.2 Å². The summed E-state index contributed by atoms with van der Waals surface area (Å²) in [4.78, 5) is 16.9. The Bertz CT molecular complexity index is 702. The quantitative estimate of drug-likeness (QED) is 0.786. The first kappa shape index (κ1) is 18.6. The predicted molar refractivity (Wildman–Crippen MR) is 101 cm³/mol. The Morgan fingerprint density at radius 2 is 2.00 bits per heavy atom. The number of carbonyl (C=O) groups excluding carboxylic acids is 1. The summed E-state index contributed by atoms with van der Waals surface area (Å²) in [6.45, 7) is 4.67. The molecule has 1 aromatic heterocycles. The van der Waals surface area contributed by atoms with Gasteiger partial charge in [0.2, 0.25) is 5.13 Å². The molecular formula is C17H24N6O2S. The summed E-state index contributed by atoms with van der Waals surface area (Å²) < 4.78 is 5.11. The fourth-order valence-electron chi connectivity index (χ4n) is 2.91. The normalized spacial score (nSPS) is 16.4. The summed E-state index contributed by atoms with van der Waals surface area (Å²) in [5, 5.41) is 12.2. The Hall–Kier alpha value is -2.23. The number of piperazine rings is 1. The van der Waals surface area contributed by atoms with Crippen LogP contribution in [0.4, 0.5) is 9.93 Å². The highest BCUT2D eigenvalue weighted by Crippen LogP contribution is 2.26. The Labute approximate surface area is 156 Å². The number of hydrogen-bond acceptors (Lipinski definition) is 7. The fraction of sp³-hybridized carbons (Fsp3) is 0.471. The minimum absolute atomic E-state index is 0.0981. The Balaban J connectivity index is 1.65. The van der Waals surface area contributed by atoms with Gasteiger partial charge >= 0.3 is 6.03 Å². The van der Waals surface area contributed by atoms with Gasteiger partial charge < -0.3 is 20.7 Å². The number of benzene rings is 1. The monoisotopic (exact) mass is 376 g/mol. The lowest BCUT2D eigenvalue weighted by molar-refractivity contribution is 0.105. The van der Waals surface area contributed by atoms with Crippen molar-refractivity contribution in [1.82, 2.24) is 25.3 Å². The van der Waals surface area contributed by atoms with Crippen LogP contribution in [-0.4, -0.2) is 72.5 Å². The molecule has 3 rings (SSSR count). The summed E-state index contributed by atoms with van der Waals surface area (Å²) in [5.41, 5.74) is 6.68. The molecule has 0 unspecified atom stereocenters. The Morgan fingerprint density at radius 1 is 1.27 bits per heavy atom. The number of amides is 2. The minimum atomic E-state index is -0.356. The summed E-state index contributed by atoms with van der Waals surface area (Å²) in [6, 6.07) is 9.29. The topological polar surface area (TPSA) is 96.6 Å². The molecule has 8 nitrogen and oxygen atoms in total. The Morgan fingerprint density at radius 3 is 2.62 bits per heavy atom. The van der Waals surface area contributed by atoms with Crippen molar-refractivity contribution in [2.24, 2.45) is 0 Å². The molecule has 3 N–H and O–H groups in total. The zero-order valence-electron chi connectivity index (χ0n) is 14.8. The van der Waals surface area contributed by atoms with Crippen molar-refractivity contribution in [1.29, 1.82) is 0 Å². The average molecular weight is 376 g/mol. The molecule has 26 heavy (non-hydrogen) atoms. The lowest BCUT2D eigenvalue weighted by atomic mass is 10.1. The number of hydrogen-bond donors (Lipinski definition) is 2. The van der Waals surface area contributed by atoms with Crippen LogP contribution in [0.1, 0.15) is 16.6 Å². The van der Waals surface area contributed by atoms with Crippen molar-refractivity contribution in [3.8, 4) is 0 Å². The van der Waals surface area contributed by atoms with Crippen molar-refractivity contribution >= 4 is 22.5 Å². The van der Waals surface area contributed by atoms with E-state index in [0.29, 0.717) is 29.8 Å². The van der Waals surface area contributed by atoms with Crippen molar-refractivity contribution in [3.05, 3.63) is 40.9 Å². The number of urea groups is 1. The molecule has 1 aromatic carbocycles. The smallest absolute Gasteiger partial charge is 0.318 e. The molecule has 140 valence electrons. The molecule has 1 fully saturated rings. The number of nitrogens with zero attached hydrogens (tertiary/aromatic N) is 4. The number of carbonyl (C=O) groups is 1. The summed E-state index contributed by atoms with van der Waals surface area (Å²) >= 11 is 1.29. The zero-order chi connectivity index (χ0) is 18.4. The van der Waals surface area contributed by atoms with E-state index >= 15 is 0 Å². The molecule has 1 aliphatic rings. The maximum Gasteiger partial charge on any atom is 0.318 e. The number of methoxy groups -OCH3 is 1. The molecule has 2 amide bonds. The van der Waals surface area contributed by atoms with Crippen LogP contribution < -0.4 is 11.1 Å². The van der Waals surface area contributed by atoms with Gasteiger partial charge in [-0.2, -0.15) is 0 Å². The standard InChI is InChI=1S/C17H24N6O2S/c1-25-12-11-22-7-9-23(10-8-22)17(24)19-14(13-5-3-2-4-6-13)15-20-21-16(18)26-15/h2-6,14H,7-12H2,1H3,(H2,18,21)(H,19,24)/t14-/m0/s1. The number of nitrogens with two attached hydrogens (primary N) is 1. The lowest BCUT2D eigenvalue weighted by Gasteiger charge is -2.35. The van der Waals surface area contributed by atoms with E-state index in [1.54, 1.807) is 7.11 Å². The van der Waals surface area contributed by atoms with Crippen LogP contribution in [0.15, 0.2) is 30.3 Å². The molecule has 0 aliphatic carbocycles. The van der Waals surface area contributed by atoms with Crippen LogP contribution in [0, 0.1) is 0 Å². The highest BCUT2D eigenvalue weighted by molar-refractivity contribution is 7.15. The van der Waals surface area contributed by atoms with E-state index in [4.69, 9.17) is 10.5 Å². The van der Waals surface area contributed by atoms with Gasteiger partial charge in [0.15, 0.2) is 0 Å². The minimum Gasteiger partial charge on any atom is -0.383 e. The highest BCUT2D eigenvalue weighted by Gasteiger charge is 2.26. The van der Waals surface area contributed by atoms with Gasteiger partial charge in [0.25, 0.3) is 0 Å². The zero-order valence-corrected chi connectivity index (χ0v) is 15.6. The van der Waals surface area contributed by atoms with Gasteiger partial charge in [0.1, 0.15) is 11.0 Å². The van der Waals surface area contributed by atoms with Crippen molar-refractivity contribution < 1.29 is 9.53 Å². The maximum atomic E-state index is 12.8. The summed E-state index contributed by atoms with van der Waals surface area (Å²) in [5.74, 6) is 0. The third-order valence-corrected chi connectivity index (χ3v) is 5.19. The first-order chi connectivity index (χ1) is 12.7. The number of nitrogens with one attached hydrogen (secondary N) is 1. The molecule has 0 bridgehead atoms. The van der Waals surface area contributed by atoms with E-state index in [2.05, 4.69) is 20.4 Å². The number of anilines is 1. The number of aromatic nitrogens is 2. The fourth-order valence-corrected chi connectivity index (χ4v) is 3.60. The van der Waals surface area contributed by atoms with Gasteiger partial charge in [-0.05, 0) is 5.56 Å². The van der Waals surface area contributed by atoms with Crippen LogP contribution in [0.25, 0.3) is 0 Å². The number of ether oxygens (including phenoxy) is 1. The van der Waals surface area contributed by atoms with E-state index in [-0.39, 0.29) is 12.1 Å². The molecule has 9 heteroatoms. The molecule has 0 saturated carbocycles. The van der Waals surface area contributed by atoms with Crippen molar-refractivity contribution in [3.63, 3.8) is 0 Å². The molecular weight excluding hydrogens is 352 g/mol. The summed E-state index contributed by atoms with van der Waals surface area (Å²) in [6.07, 6.45) is 0. The maximum absolute atomic E-state index is 12.8. The average Bonchev–Trinajstić information content (AvgIpc) is 3.11. The van der Waals surface area contributed by atoms with E-state index in [1.165, 1.54) is 11.3 Å². The van der Waals surface area contributed by atoms with Gasteiger partial charge in [-0.1, -0.05) is 41.7 Å². The van der Waals surface area contributed by atoms with Gasteiger partial charge in [-0.3, -0.25) is 4.90 Å². The van der Waals surface area contributed by atoms with Crippen LogP contribution in [-0.2, 0) is 4.74 Å². The van der Waals surface area contributed by atoms with Gasteiger partial charge in [0.05, 0.1) is 6.61 Å². The van der Waals surface area contributed by atoms with Crippen LogP contribution in [0.5, 0.6) is 0 Å². The van der Waals surface area contributed by atoms with Gasteiger partial charge in [-0.25, -0.2) is 4.79 Å². The second-order valence-corrected chi connectivity index (χ2v) is 7.13. The van der Waals surface area contributed by atoms with E-state index in [1.807, 2.05) is 35.2 Å². The molecule has 0 radical (unpaired) electrons. The van der Waals surface area contributed by atoms with Gasteiger partial charge in [-0.15, -0.1) is 10.2 Å². The molecule has 1 aliphatic heterocycles. The van der Waals surface area contributed by atoms with E-state index in [9.17, 15) is 4.79 Å². The SMILES string of the molecule is COCCN1CCN(C(=O)N[C@@H](c2ccccc2)c2nnc(N)s2)CC1. The van der Waals surface area contributed by atoms with E-state index in [0.717, 1.165) is 25.2 Å². The lowest BCUT2D eigenvalue weighted by Crippen LogP contribution is -2.52. The van der Waals surface area contributed by atoms with Crippen LogP contribution in [0.2, 0.25) is 0 Å². The second kappa shape index (κ2) is 8.93. The first-order valence-electron chi connectivity index (χ1n) is 8.58. The molecule has 1 atom stereocenters. The van der Waals surface area contributed by atoms with Gasteiger partial charge in [0, 0.05) is 39.8 Å². The number of nitrogen functional groups attached to an aromatic ring is 1. The first-order valence-corrected chi connectivity index (χ1v) is 9.39. The second-order valence-electron chi connectivity index (χ2n) is 6.09.